The van der Waals surface area contributed by atoms with E-state index in [0.29, 0.717) is 6.54 Å². The minimum Gasteiger partial charge on any atom is -0.426 e. The molecule has 2 rings (SSSR count). The molecule has 0 radical (unpaired) electrons. The summed E-state index contributed by atoms with van der Waals surface area (Å²) < 4.78 is 0. The van der Waals surface area contributed by atoms with Gasteiger partial charge >= 0.3 is 7.12 Å². The molecular formula is C20H23BN2O4. The maximum absolute atomic E-state index is 12.0. The third kappa shape index (κ3) is 7.47. The highest BCUT2D eigenvalue weighted by atomic mass is 16.4. The number of rotatable bonds is 8. The van der Waals surface area contributed by atoms with Gasteiger partial charge in [-0.2, -0.15) is 0 Å². The number of aryl methyl sites for hydroxylation is 1. The fraction of sp³-hybridized carbons (Fsp3) is 0.200. The normalized spacial score (nSPS) is 11.8. The SMILES string of the molecule is Cc1ccc(C[C@H](NC(=O)/C=C/C(=O)NCc2ccccc2)B(O)O)cc1. The van der Waals surface area contributed by atoms with E-state index < -0.39 is 24.9 Å². The molecule has 4 N–H and O–H groups in total. The second kappa shape index (κ2) is 10.3. The summed E-state index contributed by atoms with van der Waals surface area (Å²) in [6.45, 7) is 2.31. The molecule has 0 saturated carbocycles. The van der Waals surface area contributed by atoms with Crippen LogP contribution in [0.25, 0.3) is 0 Å². The lowest BCUT2D eigenvalue weighted by atomic mass is 9.76. The summed E-state index contributed by atoms with van der Waals surface area (Å²) in [4.78, 5) is 23.8. The lowest BCUT2D eigenvalue weighted by Crippen LogP contribution is -2.47. The molecule has 1 atom stereocenters. The molecule has 0 unspecified atom stereocenters. The fourth-order valence-corrected chi connectivity index (χ4v) is 2.44. The molecule has 140 valence electrons. The molecule has 0 aliphatic carbocycles. The van der Waals surface area contributed by atoms with E-state index in [9.17, 15) is 19.6 Å². The topological polar surface area (TPSA) is 98.7 Å². The third-order valence-electron chi connectivity index (χ3n) is 3.96. The Morgan fingerprint density at radius 3 is 2.22 bits per heavy atom. The van der Waals surface area contributed by atoms with Crippen molar-refractivity contribution in [1.29, 1.82) is 0 Å². The van der Waals surface area contributed by atoms with E-state index in [-0.39, 0.29) is 6.42 Å². The van der Waals surface area contributed by atoms with E-state index in [4.69, 9.17) is 0 Å². The zero-order valence-electron chi connectivity index (χ0n) is 15.1. The molecule has 0 bridgehead atoms. The van der Waals surface area contributed by atoms with Gasteiger partial charge in [-0.3, -0.25) is 9.59 Å². The average Bonchev–Trinajstić information content (AvgIpc) is 2.66. The third-order valence-corrected chi connectivity index (χ3v) is 3.96. The quantitative estimate of drug-likeness (QED) is 0.412. The predicted molar refractivity (Wildman–Crippen MR) is 104 cm³/mol. The monoisotopic (exact) mass is 366 g/mol. The van der Waals surface area contributed by atoms with Gasteiger partial charge in [0.05, 0.1) is 5.94 Å². The molecule has 0 aliphatic heterocycles. The maximum Gasteiger partial charge on any atom is 0.475 e. The molecule has 2 aromatic carbocycles. The lowest BCUT2D eigenvalue weighted by Gasteiger charge is -2.17. The van der Waals surface area contributed by atoms with Crippen LogP contribution in [0, 0.1) is 6.92 Å². The van der Waals surface area contributed by atoms with Crippen molar-refractivity contribution in [2.45, 2.75) is 25.8 Å². The van der Waals surface area contributed by atoms with Crippen LogP contribution in [0.2, 0.25) is 0 Å². The van der Waals surface area contributed by atoms with E-state index in [1.165, 1.54) is 0 Å². The van der Waals surface area contributed by atoms with E-state index in [1.807, 2.05) is 61.5 Å². The van der Waals surface area contributed by atoms with Crippen molar-refractivity contribution >= 4 is 18.9 Å². The predicted octanol–water partition coefficient (Wildman–Crippen LogP) is 0.907. The summed E-state index contributed by atoms with van der Waals surface area (Å²) in [5.74, 6) is -1.86. The molecular weight excluding hydrogens is 343 g/mol. The van der Waals surface area contributed by atoms with Crippen LogP contribution < -0.4 is 10.6 Å². The molecule has 27 heavy (non-hydrogen) atoms. The second-order valence-electron chi connectivity index (χ2n) is 6.26. The van der Waals surface area contributed by atoms with Crippen molar-refractivity contribution < 1.29 is 19.6 Å². The first-order chi connectivity index (χ1) is 12.9. The van der Waals surface area contributed by atoms with Gasteiger partial charge in [0.2, 0.25) is 11.8 Å². The molecule has 0 fully saturated rings. The number of carbonyl (C=O) groups is 2. The van der Waals surface area contributed by atoms with Crippen LogP contribution in [-0.4, -0.2) is 34.9 Å². The number of hydrogen-bond acceptors (Lipinski definition) is 4. The van der Waals surface area contributed by atoms with Gasteiger partial charge in [-0.05, 0) is 24.5 Å². The molecule has 2 aromatic rings. The average molecular weight is 366 g/mol. The summed E-state index contributed by atoms with van der Waals surface area (Å²) in [7, 11) is -1.71. The number of carbonyl (C=O) groups excluding carboxylic acids is 2. The van der Waals surface area contributed by atoms with Gasteiger partial charge in [-0.15, -0.1) is 0 Å². The molecule has 7 heteroatoms. The Morgan fingerprint density at radius 2 is 1.59 bits per heavy atom. The van der Waals surface area contributed by atoms with Gasteiger partial charge in [0.25, 0.3) is 0 Å². The van der Waals surface area contributed by atoms with Crippen molar-refractivity contribution in [3.05, 3.63) is 83.4 Å². The van der Waals surface area contributed by atoms with E-state index in [1.54, 1.807) is 0 Å². The van der Waals surface area contributed by atoms with Crippen LogP contribution in [0.15, 0.2) is 66.7 Å². The van der Waals surface area contributed by atoms with Crippen molar-refractivity contribution in [1.82, 2.24) is 10.6 Å². The highest BCUT2D eigenvalue weighted by molar-refractivity contribution is 6.43. The minimum absolute atomic E-state index is 0.262. The van der Waals surface area contributed by atoms with Crippen molar-refractivity contribution in [2.24, 2.45) is 0 Å². The molecule has 0 saturated heterocycles. The van der Waals surface area contributed by atoms with Gasteiger partial charge in [0.15, 0.2) is 0 Å². The highest BCUT2D eigenvalue weighted by Crippen LogP contribution is 2.07. The zero-order valence-corrected chi connectivity index (χ0v) is 15.1. The first-order valence-electron chi connectivity index (χ1n) is 8.66. The highest BCUT2D eigenvalue weighted by Gasteiger charge is 2.24. The molecule has 0 heterocycles. The first-order valence-corrected chi connectivity index (χ1v) is 8.66. The number of nitrogens with one attached hydrogen (secondary N) is 2. The van der Waals surface area contributed by atoms with Gasteiger partial charge in [0.1, 0.15) is 0 Å². The van der Waals surface area contributed by atoms with Crippen LogP contribution >= 0.6 is 0 Å². The number of amides is 2. The molecule has 0 aliphatic rings. The Morgan fingerprint density at radius 1 is 0.963 bits per heavy atom. The Kier molecular flexibility index (Phi) is 7.79. The van der Waals surface area contributed by atoms with E-state index >= 15 is 0 Å². The van der Waals surface area contributed by atoms with Gasteiger partial charge in [-0.1, -0.05) is 60.2 Å². The van der Waals surface area contributed by atoms with Crippen LogP contribution in [0.4, 0.5) is 0 Å². The van der Waals surface area contributed by atoms with Crippen LogP contribution in [-0.2, 0) is 22.6 Å². The Labute approximate surface area is 159 Å². The number of benzene rings is 2. The summed E-state index contributed by atoms with van der Waals surface area (Å²) >= 11 is 0. The molecule has 0 aromatic heterocycles. The van der Waals surface area contributed by atoms with Crippen LogP contribution in [0.1, 0.15) is 16.7 Å². The molecule has 2 amide bonds. The standard InChI is InChI=1S/C20H23BN2O4/c1-15-7-9-16(10-8-15)13-18(21(26)27)23-20(25)12-11-19(24)22-14-17-5-3-2-4-6-17/h2-12,18,26-27H,13-14H2,1H3,(H,22,24)(H,23,25)/b12-11+/t18-/m0/s1. The van der Waals surface area contributed by atoms with Crippen LogP contribution in [0.5, 0.6) is 0 Å². The minimum atomic E-state index is -1.71. The Hall–Kier alpha value is -2.90. The largest absolute Gasteiger partial charge is 0.475 e. The number of hydrogen-bond donors (Lipinski definition) is 4. The maximum atomic E-state index is 12.0. The molecule has 0 spiro atoms. The second-order valence-corrected chi connectivity index (χ2v) is 6.26. The first kappa shape index (κ1) is 20.4. The Bertz CT molecular complexity index is 776. The summed E-state index contributed by atoms with van der Waals surface area (Å²) in [5, 5.41) is 24.2. The summed E-state index contributed by atoms with van der Waals surface area (Å²) in [6.07, 6.45) is 2.45. The van der Waals surface area contributed by atoms with Crippen molar-refractivity contribution in [2.75, 3.05) is 0 Å². The van der Waals surface area contributed by atoms with Gasteiger partial charge < -0.3 is 20.7 Å². The Balaban J connectivity index is 1.84. The van der Waals surface area contributed by atoms with E-state index in [0.717, 1.165) is 28.8 Å². The zero-order chi connectivity index (χ0) is 19.6. The van der Waals surface area contributed by atoms with Crippen molar-refractivity contribution in [3.8, 4) is 0 Å². The summed E-state index contributed by atoms with van der Waals surface area (Å²) in [5.41, 5.74) is 2.90. The summed E-state index contributed by atoms with van der Waals surface area (Å²) in [6, 6.07) is 17.0. The van der Waals surface area contributed by atoms with E-state index in [2.05, 4.69) is 10.6 Å². The van der Waals surface area contributed by atoms with Gasteiger partial charge in [-0.25, -0.2) is 0 Å². The fourth-order valence-electron chi connectivity index (χ4n) is 2.44. The van der Waals surface area contributed by atoms with Crippen molar-refractivity contribution in [3.63, 3.8) is 0 Å². The van der Waals surface area contributed by atoms with Crippen LogP contribution in [0.3, 0.4) is 0 Å². The molecule has 6 nitrogen and oxygen atoms in total. The lowest BCUT2D eigenvalue weighted by molar-refractivity contribution is -0.119. The van der Waals surface area contributed by atoms with Gasteiger partial charge in [0, 0.05) is 18.7 Å². The smallest absolute Gasteiger partial charge is 0.426 e.